The van der Waals surface area contributed by atoms with E-state index in [1.165, 1.54) is 18.4 Å². The summed E-state index contributed by atoms with van der Waals surface area (Å²) in [5.41, 5.74) is 1.21. The summed E-state index contributed by atoms with van der Waals surface area (Å²) in [6.45, 7) is 2.65. The monoisotopic (exact) mass is 338 g/mol. The summed E-state index contributed by atoms with van der Waals surface area (Å²) in [6.07, 6.45) is 4.45. The van der Waals surface area contributed by atoms with Crippen molar-refractivity contribution in [2.24, 2.45) is 5.92 Å². The fourth-order valence-electron chi connectivity index (χ4n) is 3.34. The molecule has 0 radical (unpaired) electrons. The number of nitrogens with one attached hydrogen (secondary N) is 1. The molecule has 2 N–H and O–H groups in total. The number of carbonyl (C=O) groups is 2. The third-order valence-corrected chi connectivity index (χ3v) is 4.83. The lowest BCUT2D eigenvalue weighted by atomic mass is 9.83. The fourth-order valence-corrected chi connectivity index (χ4v) is 3.46. The van der Waals surface area contributed by atoms with Gasteiger partial charge in [0.1, 0.15) is 0 Å². The lowest BCUT2D eigenvalue weighted by Gasteiger charge is -2.44. The number of piperidine rings is 3. The molecule has 1 atom stereocenters. The van der Waals surface area contributed by atoms with Crippen molar-refractivity contribution in [3.8, 4) is 0 Å². The number of nitrogens with zero attached hydrogens (tertiary/aromatic N) is 1. The summed E-state index contributed by atoms with van der Waals surface area (Å²) in [4.78, 5) is 23.0. The minimum atomic E-state index is -0.250. The summed E-state index contributed by atoms with van der Waals surface area (Å²) in [6, 6.07) is 7.93. The summed E-state index contributed by atoms with van der Waals surface area (Å²) in [5, 5.41) is 10.7. The van der Waals surface area contributed by atoms with Crippen molar-refractivity contribution in [2.45, 2.75) is 31.7 Å². The van der Waals surface area contributed by atoms with E-state index in [0.29, 0.717) is 6.54 Å². The Kier molecular flexibility index (Phi) is 6.86. The molecular weight excluding hydrogens is 316 g/mol. The molecule has 3 aliphatic heterocycles. The van der Waals surface area contributed by atoms with E-state index in [0.717, 1.165) is 36.9 Å². The Morgan fingerprint density at radius 3 is 2.43 bits per heavy atom. The third kappa shape index (κ3) is 5.22. The second-order valence-electron chi connectivity index (χ2n) is 6.00. The van der Waals surface area contributed by atoms with Gasteiger partial charge in [-0.15, -0.1) is 0 Å². The highest BCUT2D eigenvalue weighted by atomic mass is 35.5. The molecule has 0 spiro atoms. The molecule has 5 nitrogen and oxygen atoms in total. The topological polar surface area (TPSA) is 69.6 Å². The fraction of sp³-hybridized carbons (Fsp3) is 0.529. The van der Waals surface area contributed by atoms with Crippen LogP contribution in [0.3, 0.4) is 0 Å². The Hall–Kier alpha value is -1.59. The first-order chi connectivity index (χ1) is 11.1. The first kappa shape index (κ1) is 17.8. The molecule has 23 heavy (non-hydrogen) atoms. The van der Waals surface area contributed by atoms with Crippen LogP contribution < -0.4 is 5.32 Å². The number of rotatable bonds is 4. The van der Waals surface area contributed by atoms with Crippen LogP contribution in [0.2, 0.25) is 5.02 Å². The van der Waals surface area contributed by atoms with E-state index in [2.05, 4.69) is 10.2 Å². The minimum Gasteiger partial charge on any atom is -0.483 e. The maximum absolute atomic E-state index is 12.3. The van der Waals surface area contributed by atoms with E-state index in [-0.39, 0.29) is 18.4 Å². The highest BCUT2D eigenvalue weighted by Gasteiger charge is 2.37. The molecule has 6 heteroatoms. The standard InChI is InChI=1S/C16H21ClN2O.CH2O2/c17-14-3-1-12(2-4-14)5-8-18-16(20)15-11-13-6-9-19(15)10-7-13;2-1-3/h1-4,13,15H,5-11H2,(H,18,20);1H,(H,2,3). The van der Waals surface area contributed by atoms with Crippen molar-refractivity contribution in [1.82, 2.24) is 10.2 Å². The van der Waals surface area contributed by atoms with E-state index >= 15 is 0 Å². The van der Waals surface area contributed by atoms with Crippen molar-refractivity contribution >= 4 is 24.0 Å². The molecule has 3 saturated heterocycles. The Bertz CT molecular complexity index is 513. The molecule has 3 heterocycles. The SMILES string of the molecule is O=C(NCCc1ccc(Cl)cc1)C1CC2CCN1CC2.O=CO. The molecule has 0 saturated carbocycles. The molecule has 1 aromatic carbocycles. The first-order valence-electron chi connectivity index (χ1n) is 7.98. The molecule has 126 valence electrons. The zero-order chi connectivity index (χ0) is 16.7. The van der Waals surface area contributed by atoms with Gasteiger partial charge in [-0.1, -0.05) is 23.7 Å². The van der Waals surface area contributed by atoms with Gasteiger partial charge < -0.3 is 10.4 Å². The zero-order valence-corrected chi connectivity index (χ0v) is 13.8. The molecular formula is C17H23ClN2O3. The molecule has 3 aliphatic rings. The maximum atomic E-state index is 12.3. The Morgan fingerprint density at radius 1 is 1.30 bits per heavy atom. The zero-order valence-electron chi connectivity index (χ0n) is 13.1. The Balaban J connectivity index is 0.000000595. The van der Waals surface area contributed by atoms with Gasteiger partial charge in [-0.05, 0) is 62.4 Å². The second-order valence-corrected chi connectivity index (χ2v) is 6.44. The molecule has 0 aromatic heterocycles. The number of carboxylic acid groups (broad SMARTS) is 1. The van der Waals surface area contributed by atoms with Crippen molar-refractivity contribution in [2.75, 3.05) is 19.6 Å². The van der Waals surface area contributed by atoms with E-state index in [1.807, 2.05) is 24.3 Å². The van der Waals surface area contributed by atoms with Gasteiger partial charge in [0.05, 0.1) is 6.04 Å². The largest absolute Gasteiger partial charge is 0.483 e. The van der Waals surface area contributed by atoms with Crippen molar-refractivity contribution in [3.63, 3.8) is 0 Å². The van der Waals surface area contributed by atoms with Crippen LogP contribution in [0.4, 0.5) is 0 Å². The van der Waals surface area contributed by atoms with Crippen LogP contribution in [0.5, 0.6) is 0 Å². The number of benzene rings is 1. The first-order valence-corrected chi connectivity index (χ1v) is 8.36. The van der Waals surface area contributed by atoms with Crippen molar-refractivity contribution < 1.29 is 14.7 Å². The summed E-state index contributed by atoms with van der Waals surface area (Å²) in [5.74, 6) is 0.982. The number of amides is 1. The molecule has 3 fully saturated rings. The number of fused-ring (bicyclic) bond motifs is 3. The molecule has 4 rings (SSSR count). The summed E-state index contributed by atoms with van der Waals surface area (Å²) < 4.78 is 0. The number of hydrogen-bond acceptors (Lipinski definition) is 3. The molecule has 2 bridgehead atoms. The second kappa shape index (κ2) is 8.89. The summed E-state index contributed by atoms with van der Waals surface area (Å²) >= 11 is 5.86. The molecule has 1 unspecified atom stereocenters. The van der Waals surface area contributed by atoms with Crippen LogP contribution in [0.25, 0.3) is 0 Å². The number of hydrogen-bond donors (Lipinski definition) is 2. The predicted octanol–water partition coefficient (Wildman–Crippen LogP) is 2.18. The van der Waals surface area contributed by atoms with Crippen LogP contribution in [0.15, 0.2) is 24.3 Å². The maximum Gasteiger partial charge on any atom is 0.290 e. The van der Waals surface area contributed by atoms with Gasteiger partial charge in [-0.3, -0.25) is 14.5 Å². The van der Waals surface area contributed by atoms with Crippen molar-refractivity contribution in [1.29, 1.82) is 0 Å². The van der Waals surface area contributed by atoms with Gasteiger partial charge in [-0.25, -0.2) is 0 Å². The highest BCUT2D eigenvalue weighted by Crippen LogP contribution is 2.31. The van der Waals surface area contributed by atoms with Gasteiger partial charge in [0.2, 0.25) is 5.91 Å². The Morgan fingerprint density at radius 2 is 1.91 bits per heavy atom. The van der Waals surface area contributed by atoms with Crippen LogP contribution in [-0.4, -0.2) is 48.1 Å². The molecule has 1 aromatic rings. The van der Waals surface area contributed by atoms with E-state index in [4.69, 9.17) is 21.5 Å². The van der Waals surface area contributed by atoms with Crippen LogP contribution in [0.1, 0.15) is 24.8 Å². The lowest BCUT2D eigenvalue weighted by molar-refractivity contribution is -0.130. The quantitative estimate of drug-likeness (QED) is 0.826. The molecule has 0 aliphatic carbocycles. The van der Waals surface area contributed by atoms with E-state index in [1.54, 1.807) is 0 Å². The van der Waals surface area contributed by atoms with Crippen molar-refractivity contribution in [3.05, 3.63) is 34.9 Å². The average Bonchev–Trinajstić information content (AvgIpc) is 2.58. The average molecular weight is 339 g/mol. The smallest absolute Gasteiger partial charge is 0.290 e. The lowest BCUT2D eigenvalue weighted by Crippen LogP contribution is -2.55. The summed E-state index contributed by atoms with van der Waals surface area (Å²) in [7, 11) is 0. The number of carbonyl (C=O) groups excluding carboxylic acids is 1. The van der Waals surface area contributed by atoms with Gasteiger partial charge in [-0.2, -0.15) is 0 Å². The minimum absolute atomic E-state index is 0.118. The van der Waals surface area contributed by atoms with Gasteiger partial charge in [0.15, 0.2) is 0 Å². The van der Waals surface area contributed by atoms with E-state index < -0.39 is 0 Å². The van der Waals surface area contributed by atoms with Crippen LogP contribution >= 0.6 is 11.6 Å². The normalized spacial score (nSPS) is 25.2. The van der Waals surface area contributed by atoms with Gasteiger partial charge in [0.25, 0.3) is 6.47 Å². The van der Waals surface area contributed by atoms with Crippen LogP contribution in [0, 0.1) is 5.92 Å². The molecule has 1 amide bonds. The number of halogens is 1. The van der Waals surface area contributed by atoms with Crippen LogP contribution in [-0.2, 0) is 16.0 Å². The Labute approximate surface area is 141 Å². The van der Waals surface area contributed by atoms with E-state index in [9.17, 15) is 4.79 Å². The predicted molar refractivity (Wildman–Crippen MR) is 89.6 cm³/mol. The highest BCUT2D eigenvalue weighted by molar-refractivity contribution is 6.30. The van der Waals surface area contributed by atoms with Gasteiger partial charge >= 0.3 is 0 Å². The third-order valence-electron chi connectivity index (χ3n) is 4.58. The van der Waals surface area contributed by atoms with Gasteiger partial charge in [0, 0.05) is 11.6 Å².